The SMILES string of the molecule is C=CC(=C)CCC(C)C=C. The number of allylic oxidation sites excluding steroid dienone is 3. The monoisotopic (exact) mass is 136 g/mol. The molecule has 0 nitrogen and oxygen atoms in total. The summed E-state index contributed by atoms with van der Waals surface area (Å²) >= 11 is 0. The van der Waals surface area contributed by atoms with E-state index in [4.69, 9.17) is 0 Å². The molecule has 0 radical (unpaired) electrons. The van der Waals surface area contributed by atoms with Crippen molar-refractivity contribution < 1.29 is 0 Å². The predicted octanol–water partition coefficient (Wildman–Crippen LogP) is 3.33. The number of hydrogen-bond donors (Lipinski definition) is 0. The van der Waals surface area contributed by atoms with Crippen molar-refractivity contribution in [2.45, 2.75) is 19.8 Å². The molecule has 0 amide bonds. The van der Waals surface area contributed by atoms with Crippen LogP contribution in [-0.2, 0) is 0 Å². The van der Waals surface area contributed by atoms with E-state index >= 15 is 0 Å². The Balaban J connectivity index is 3.43. The van der Waals surface area contributed by atoms with Crippen molar-refractivity contribution in [2.75, 3.05) is 0 Å². The molecule has 10 heavy (non-hydrogen) atoms. The third kappa shape index (κ3) is 4.13. The van der Waals surface area contributed by atoms with Crippen molar-refractivity contribution in [3.05, 3.63) is 37.5 Å². The maximum absolute atomic E-state index is 3.83. The molecule has 0 saturated carbocycles. The van der Waals surface area contributed by atoms with Gasteiger partial charge in [0.25, 0.3) is 0 Å². The van der Waals surface area contributed by atoms with E-state index in [1.165, 1.54) is 0 Å². The van der Waals surface area contributed by atoms with Crippen LogP contribution in [0.5, 0.6) is 0 Å². The summed E-state index contributed by atoms with van der Waals surface area (Å²) in [5.41, 5.74) is 1.12. The van der Waals surface area contributed by atoms with Gasteiger partial charge in [-0.25, -0.2) is 0 Å². The Morgan fingerprint density at radius 3 is 2.50 bits per heavy atom. The van der Waals surface area contributed by atoms with Gasteiger partial charge in [-0.3, -0.25) is 0 Å². The first-order valence-electron chi connectivity index (χ1n) is 3.63. The van der Waals surface area contributed by atoms with Gasteiger partial charge in [-0.15, -0.1) is 6.58 Å². The molecule has 0 aliphatic carbocycles. The summed E-state index contributed by atoms with van der Waals surface area (Å²) in [5, 5.41) is 0. The van der Waals surface area contributed by atoms with Gasteiger partial charge in [0, 0.05) is 0 Å². The molecule has 0 aliphatic rings. The number of hydrogen-bond acceptors (Lipinski definition) is 0. The second-order valence-electron chi connectivity index (χ2n) is 2.61. The zero-order chi connectivity index (χ0) is 7.98. The van der Waals surface area contributed by atoms with Crippen LogP contribution < -0.4 is 0 Å². The Morgan fingerprint density at radius 2 is 2.10 bits per heavy atom. The second-order valence-corrected chi connectivity index (χ2v) is 2.61. The molecule has 0 aromatic heterocycles. The first-order chi connectivity index (χ1) is 4.70. The Bertz CT molecular complexity index is 131. The van der Waals surface area contributed by atoms with Crippen LogP contribution in [-0.4, -0.2) is 0 Å². The summed E-state index contributed by atoms with van der Waals surface area (Å²) in [6.45, 7) is 13.3. The summed E-state index contributed by atoms with van der Waals surface area (Å²) in [6.07, 6.45) is 5.96. The van der Waals surface area contributed by atoms with Gasteiger partial charge in [0.15, 0.2) is 0 Å². The zero-order valence-corrected chi connectivity index (χ0v) is 6.77. The van der Waals surface area contributed by atoms with E-state index in [-0.39, 0.29) is 0 Å². The van der Waals surface area contributed by atoms with Gasteiger partial charge in [0.05, 0.1) is 0 Å². The Labute approximate surface area is 64.0 Å². The summed E-state index contributed by atoms with van der Waals surface area (Å²) in [4.78, 5) is 0. The minimum absolute atomic E-state index is 0.594. The van der Waals surface area contributed by atoms with E-state index in [0.29, 0.717) is 5.92 Å². The van der Waals surface area contributed by atoms with Gasteiger partial charge in [0.1, 0.15) is 0 Å². The van der Waals surface area contributed by atoms with Crippen molar-refractivity contribution >= 4 is 0 Å². The van der Waals surface area contributed by atoms with E-state index in [1.807, 2.05) is 12.2 Å². The third-order valence-electron chi connectivity index (χ3n) is 1.61. The molecule has 56 valence electrons. The molecule has 0 saturated heterocycles. The Hall–Kier alpha value is -0.780. The summed E-state index contributed by atoms with van der Waals surface area (Å²) < 4.78 is 0. The fourth-order valence-electron chi connectivity index (χ4n) is 0.633. The average molecular weight is 136 g/mol. The molecule has 0 N–H and O–H groups in total. The van der Waals surface area contributed by atoms with E-state index in [0.717, 1.165) is 18.4 Å². The minimum atomic E-state index is 0.594. The maximum Gasteiger partial charge on any atom is -0.0261 e. The van der Waals surface area contributed by atoms with Gasteiger partial charge < -0.3 is 0 Å². The van der Waals surface area contributed by atoms with Crippen molar-refractivity contribution in [2.24, 2.45) is 5.92 Å². The predicted molar refractivity (Wildman–Crippen MR) is 47.9 cm³/mol. The van der Waals surface area contributed by atoms with Crippen LogP contribution in [0.4, 0.5) is 0 Å². The molecule has 1 unspecified atom stereocenters. The molecule has 0 aromatic carbocycles. The third-order valence-corrected chi connectivity index (χ3v) is 1.61. The Morgan fingerprint density at radius 1 is 1.50 bits per heavy atom. The van der Waals surface area contributed by atoms with Crippen LogP contribution >= 0.6 is 0 Å². The molecule has 0 bridgehead atoms. The van der Waals surface area contributed by atoms with Gasteiger partial charge in [-0.2, -0.15) is 0 Å². The van der Waals surface area contributed by atoms with Gasteiger partial charge in [-0.05, 0) is 18.8 Å². The molecule has 0 aromatic rings. The van der Waals surface area contributed by atoms with Gasteiger partial charge in [0.2, 0.25) is 0 Å². The fourth-order valence-corrected chi connectivity index (χ4v) is 0.633. The molecule has 1 atom stereocenters. The lowest BCUT2D eigenvalue weighted by Crippen LogP contribution is -1.88. The maximum atomic E-state index is 3.83. The van der Waals surface area contributed by atoms with Crippen LogP contribution in [0.15, 0.2) is 37.5 Å². The van der Waals surface area contributed by atoms with Crippen LogP contribution in [0, 0.1) is 5.92 Å². The standard InChI is InChI=1S/C10H16/c1-5-9(3)7-8-10(4)6-2/h5-6,10H,1-3,7-8H2,4H3. The van der Waals surface area contributed by atoms with Crippen molar-refractivity contribution in [3.8, 4) is 0 Å². The number of rotatable bonds is 5. The zero-order valence-electron chi connectivity index (χ0n) is 6.77. The largest absolute Gasteiger partial charge is 0.103 e. The van der Waals surface area contributed by atoms with Gasteiger partial charge >= 0.3 is 0 Å². The second kappa shape index (κ2) is 5.04. The topological polar surface area (TPSA) is 0 Å². The van der Waals surface area contributed by atoms with Crippen LogP contribution in [0.3, 0.4) is 0 Å². The lowest BCUT2D eigenvalue weighted by molar-refractivity contribution is 0.651. The molecule has 0 heterocycles. The highest BCUT2D eigenvalue weighted by molar-refractivity contribution is 5.10. The molecular formula is C10H16. The van der Waals surface area contributed by atoms with Crippen molar-refractivity contribution in [1.29, 1.82) is 0 Å². The van der Waals surface area contributed by atoms with Crippen LogP contribution in [0.1, 0.15) is 19.8 Å². The lowest BCUT2D eigenvalue weighted by Gasteiger charge is -2.03. The minimum Gasteiger partial charge on any atom is -0.103 e. The van der Waals surface area contributed by atoms with E-state index in [1.54, 1.807) is 0 Å². The quantitative estimate of drug-likeness (QED) is 0.401. The van der Waals surface area contributed by atoms with Crippen molar-refractivity contribution in [3.63, 3.8) is 0 Å². The molecule has 0 spiro atoms. The average Bonchev–Trinajstić information content (AvgIpc) is 1.99. The molecule has 0 rings (SSSR count). The van der Waals surface area contributed by atoms with Gasteiger partial charge in [-0.1, -0.05) is 37.8 Å². The van der Waals surface area contributed by atoms with E-state index in [2.05, 4.69) is 26.7 Å². The summed E-state index contributed by atoms with van der Waals surface area (Å²) in [5.74, 6) is 0.594. The first kappa shape index (κ1) is 9.22. The van der Waals surface area contributed by atoms with Crippen molar-refractivity contribution in [1.82, 2.24) is 0 Å². The molecule has 0 heteroatoms. The lowest BCUT2D eigenvalue weighted by atomic mass is 10.0. The summed E-state index contributed by atoms with van der Waals surface area (Å²) in [7, 11) is 0. The smallest absolute Gasteiger partial charge is 0.0261 e. The Kier molecular flexibility index (Phi) is 4.65. The first-order valence-corrected chi connectivity index (χ1v) is 3.63. The highest BCUT2D eigenvalue weighted by atomic mass is 14.0. The highest BCUT2D eigenvalue weighted by Crippen LogP contribution is 2.11. The van der Waals surface area contributed by atoms with E-state index < -0.39 is 0 Å². The van der Waals surface area contributed by atoms with Crippen LogP contribution in [0.25, 0.3) is 0 Å². The summed E-state index contributed by atoms with van der Waals surface area (Å²) in [6, 6.07) is 0. The molecular weight excluding hydrogens is 120 g/mol. The van der Waals surface area contributed by atoms with E-state index in [9.17, 15) is 0 Å². The normalized spacial score (nSPS) is 12.1. The molecule has 0 fully saturated rings. The highest BCUT2D eigenvalue weighted by Gasteiger charge is 1.95. The molecule has 0 aliphatic heterocycles. The fraction of sp³-hybridized carbons (Fsp3) is 0.400. The van der Waals surface area contributed by atoms with Crippen LogP contribution in [0.2, 0.25) is 0 Å².